The van der Waals surface area contributed by atoms with Gasteiger partial charge in [-0.1, -0.05) is 12.1 Å². The van der Waals surface area contributed by atoms with E-state index in [4.69, 9.17) is 0 Å². The van der Waals surface area contributed by atoms with Gasteiger partial charge in [0, 0.05) is 5.69 Å². The fraction of sp³-hybridized carbons (Fsp3) is 0.214. The number of carbonyl (C=O) groups excluding carboxylic acids is 1. The van der Waals surface area contributed by atoms with E-state index < -0.39 is 11.7 Å². The average molecular weight is 315 g/mol. The number of carbonyl (C=O) groups is 1. The maximum Gasteiger partial charge on any atom is 0.416 e. The van der Waals surface area contributed by atoms with Gasteiger partial charge >= 0.3 is 6.18 Å². The number of alkyl halides is 3. The van der Waals surface area contributed by atoms with Gasteiger partial charge in [0.1, 0.15) is 6.54 Å². The van der Waals surface area contributed by atoms with Crippen molar-refractivity contribution < 1.29 is 23.3 Å². The van der Waals surface area contributed by atoms with Crippen molar-refractivity contribution in [2.24, 2.45) is 0 Å². The van der Waals surface area contributed by atoms with Crippen LogP contribution in [0.15, 0.2) is 41.8 Å². The van der Waals surface area contributed by atoms with Crippen LogP contribution < -0.4 is 10.6 Å². The molecule has 1 amide bonds. The predicted octanol–water partition coefficient (Wildman–Crippen LogP) is 2.47. The molecule has 21 heavy (non-hydrogen) atoms. The number of hydrogen-bond donors (Lipinski definition) is 2. The van der Waals surface area contributed by atoms with Crippen molar-refractivity contribution in [3.63, 3.8) is 0 Å². The predicted molar refractivity (Wildman–Crippen MR) is 74.9 cm³/mol. The number of rotatable bonds is 5. The smallest absolute Gasteiger partial charge is 0.334 e. The van der Waals surface area contributed by atoms with E-state index in [-0.39, 0.29) is 18.1 Å². The van der Waals surface area contributed by atoms with Gasteiger partial charge in [-0.25, -0.2) is 0 Å². The summed E-state index contributed by atoms with van der Waals surface area (Å²) in [5.41, 5.74) is -0.623. The average Bonchev–Trinajstić information content (AvgIpc) is 2.91. The summed E-state index contributed by atoms with van der Waals surface area (Å²) in [5.74, 6) is -0.328. The maximum absolute atomic E-state index is 12.5. The minimum Gasteiger partial charge on any atom is -0.334 e. The number of amides is 1. The number of halogens is 3. The van der Waals surface area contributed by atoms with E-state index >= 15 is 0 Å². The summed E-state index contributed by atoms with van der Waals surface area (Å²) in [4.78, 5) is 12.8. The standard InChI is InChI=1S/C14H13F3N2OS/c15-14(16,17)10-3-1-4-11(7-10)19-13(20)9-18-8-12-5-2-6-21-12/h1-7,18H,8-9H2,(H,19,20)/p+1. The summed E-state index contributed by atoms with van der Waals surface area (Å²) in [6.45, 7) is 0.835. The molecule has 0 aliphatic rings. The van der Waals surface area contributed by atoms with Crippen LogP contribution in [0.3, 0.4) is 0 Å². The first kappa shape index (κ1) is 15.5. The molecular formula is C14H14F3N2OS+. The fourth-order valence-corrected chi connectivity index (χ4v) is 2.46. The highest BCUT2D eigenvalue weighted by molar-refractivity contribution is 7.09. The van der Waals surface area contributed by atoms with Crippen LogP contribution in [0.4, 0.5) is 18.9 Å². The Morgan fingerprint density at radius 1 is 1.24 bits per heavy atom. The van der Waals surface area contributed by atoms with Crippen LogP contribution in [0.25, 0.3) is 0 Å². The highest BCUT2D eigenvalue weighted by atomic mass is 32.1. The number of anilines is 1. The van der Waals surface area contributed by atoms with Crippen molar-refractivity contribution in [3.8, 4) is 0 Å². The van der Waals surface area contributed by atoms with Gasteiger partial charge in [0.05, 0.1) is 10.4 Å². The van der Waals surface area contributed by atoms with Gasteiger partial charge in [0.15, 0.2) is 6.54 Å². The fourth-order valence-electron chi connectivity index (χ4n) is 1.76. The molecule has 0 saturated carbocycles. The van der Waals surface area contributed by atoms with E-state index in [9.17, 15) is 18.0 Å². The number of nitrogens with one attached hydrogen (secondary N) is 1. The van der Waals surface area contributed by atoms with Crippen molar-refractivity contribution >= 4 is 22.9 Å². The monoisotopic (exact) mass is 315 g/mol. The SMILES string of the molecule is O=C(C[NH2+]Cc1cccs1)Nc1cccc(C(F)(F)F)c1. The van der Waals surface area contributed by atoms with Crippen LogP contribution in [0.2, 0.25) is 0 Å². The van der Waals surface area contributed by atoms with E-state index in [1.54, 1.807) is 16.7 Å². The van der Waals surface area contributed by atoms with Crippen molar-refractivity contribution in [1.82, 2.24) is 0 Å². The van der Waals surface area contributed by atoms with Gasteiger partial charge in [-0.15, -0.1) is 11.3 Å². The third kappa shape index (κ3) is 4.87. The number of quaternary nitrogens is 1. The number of nitrogens with two attached hydrogens (primary N) is 1. The molecule has 1 aromatic carbocycles. The largest absolute Gasteiger partial charge is 0.416 e. The first-order valence-electron chi connectivity index (χ1n) is 6.26. The van der Waals surface area contributed by atoms with E-state index in [0.29, 0.717) is 6.54 Å². The Hall–Kier alpha value is -1.86. The molecule has 3 N–H and O–H groups in total. The molecule has 0 spiro atoms. The van der Waals surface area contributed by atoms with E-state index in [1.165, 1.54) is 12.1 Å². The number of hydrogen-bond acceptors (Lipinski definition) is 2. The first-order chi connectivity index (χ1) is 9.95. The molecular weight excluding hydrogens is 301 g/mol. The Kier molecular flexibility index (Phi) is 4.98. The molecule has 0 saturated heterocycles. The normalized spacial score (nSPS) is 11.4. The van der Waals surface area contributed by atoms with Crippen LogP contribution in [-0.4, -0.2) is 12.5 Å². The molecule has 0 aliphatic carbocycles. The van der Waals surface area contributed by atoms with Crippen molar-refractivity contribution in [1.29, 1.82) is 0 Å². The van der Waals surface area contributed by atoms with Gasteiger partial charge in [-0.3, -0.25) is 4.79 Å². The summed E-state index contributed by atoms with van der Waals surface area (Å²) >= 11 is 1.60. The lowest BCUT2D eigenvalue weighted by molar-refractivity contribution is -0.659. The van der Waals surface area contributed by atoms with Crippen molar-refractivity contribution in [2.45, 2.75) is 12.7 Å². The Labute approximate surface area is 123 Å². The second-order valence-electron chi connectivity index (χ2n) is 4.40. The molecule has 0 fully saturated rings. The quantitative estimate of drug-likeness (QED) is 0.875. The van der Waals surface area contributed by atoms with E-state index in [0.717, 1.165) is 17.0 Å². The third-order valence-corrected chi connectivity index (χ3v) is 3.63. The van der Waals surface area contributed by atoms with Crippen molar-refractivity contribution in [2.75, 3.05) is 11.9 Å². The van der Waals surface area contributed by atoms with Gasteiger partial charge in [0.25, 0.3) is 5.91 Å². The zero-order valence-electron chi connectivity index (χ0n) is 11.0. The molecule has 0 radical (unpaired) electrons. The number of thiophene rings is 1. The molecule has 0 bridgehead atoms. The molecule has 112 valence electrons. The summed E-state index contributed by atoms with van der Waals surface area (Å²) in [6, 6.07) is 8.50. The summed E-state index contributed by atoms with van der Waals surface area (Å²) in [5, 5.41) is 6.22. The third-order valence-electron chi connectivity index (χ3n) is 2.73. The highest BCUT2D eigenvalue weighted by Gasteiger charge is 2.30. The lowest BCUT2D eigenvalue weighted by atomic mass is 10.2. The maximum atomic E-state index is 12.5. The van der Waals surface area contributed by atoms with Crippen LogP contribution >= 0.6 is 11.3 Å². The summed E-state index contributed by atoms with van der Waals surface area (Å²) in [6.07, 6.45) is -4.41. The summed E-state index contributed by atoms with van der Waals surface area (Å²) in [7, 11) is 0. The van der Waals surface area contributed by atoms with Crippen LogP contribution in [-0.2, 0) is 17.5 Å². The van der Waals surface area contributed by atoms with Gasteiger partial charge < -0.3 is 10.6 Å². The van der Waals surface area contributed by atoms with Gasteiger partial charge in [-0.05, 0) is 29.6 Å². The topological polar surface area (TPSA) is 45.7 Å². The molecule has 3 nitrogen and oxygen atoms in total. The molecule has 0 aliphatic heterocycles. The Morgan fingerprint density at radius 3 is 2.71 bits per heavy atom. The van der Waals surface area contributed by atoms with Crippen LogP contribution in [0.5, 0.6) is 0 Å². The Balaban J connectivity index is 1.85. The Bertz CT molecular complexity index is 597. The first-order valence-corrected chi connectivity index (χ1v) is 7.14. The molecule has 2 rings (SSSR count). The lowest BCUT2D eigenvalue weighted by Crippen LogP contribution is -2.84. The van der Waals surface area contributed by atoms with E-state index in [1.807, 2.05) is 17.5 Å². The zero-order chi connectivity index (χ0) is 15.3. The van der Waals surface area contributed by atoms with Crippen LogP contribution in [0.1, 0.15) is 10.4 Å². The molecule has 1 aromatic heterocycles. The highest BCUT2D eigenvalue weighted by Crippen LogP contribution is 2.30. The lowest BCUT2D eigenvalue weighted by Gasteiger charge is -2.09. The molecule has 2 aromatic rings. The minimum atomic E-state index is -4.41. The second kappa shape index (κ2) is 6.73. The Morgan fingerprint density at radius 2 is 2.05 bits per heavy atom. The number of benzene rings is 1. The second-order valence-corrected chi connectivity index (χ2v) is 5.44. The molecule has 1 heterocycles. The minimum absolute atomic E-state index is 0.152. The summed E-state index contributed by atoms with van der Waals surface area (Å²) < 4.78 is 37.6. The van der Waals surface area contributed by atoms with E-state index in [2.05, 4.69) is 5.32 Å². The van der Waals surface area contributed by atoms with Crippen LogP contribution in [0, 0.1) is 0 Å². The zero-order valence-corrected chi connectivity index (χ0v) is 11.8. The van der Waals surface area contributed by atoms with Gasteiger partial charge in [0.2, 0.25) is 0 Å². The van der Waals surface area contributed by atoms with Gasteiger partial charge in [-0.2, -0.15) is 13.2 Å². The molecule has 0 atom stereocenters. The molecule has 7 heteroatoms. The van der Waals surface area contributed by atoms with Crippen molar-refractivity contribution in [3.05, 3.63) is 52.2 Å². The molecule has 0 unspecified atom stereocenters.